The van der Waals surface area contributed by atoms with Crippen LogP contribution in [-0.2, 0) is 23.9 Å². The zero-order valence-electron chi connectivity index (χ0n) is 11.9. The summed E-state index contributed by atoms with van der Waals surface area (Å²) in [6.45, 7) is 10.9. The van der Waals surface area contributed by atoms with Gasteiger partial charge >= 0.3 is 17.9 Å². The van der Waals surface area contributed by atoms with Gasteiger partial charge in [0, 0.05) is 18.6 Å². The lowest BCUT2D eigenvalue weighted by molar-refractivity contribution is -0.139. The summed E-state index contributed by atoms with van der Waals surface area (Å²) >= 11 is 0. The van der Waals surface area contributed by atoms with Gasteiger partial charge in [-0.15, -0.1) is 0 Å². The first kappa shape index (κ1) is 23.2. The summed E-state index contributed by atoms with van der Waals surface area (Å²) in [5.74, 6) is -2.92. The summed E-state index contributed by atoms with van der Waals surface area (Å²) in [6.07, 6.45) is 1.96. The molecule has 0 aliphatic rings. The van der Waals surface area contributed by atoms with Gasteiger partial charge in [0.05, 0.1) is 13.5 Å². The van der Waals surface area contributed by atoms with Gasteiger partial charge in [0.25, 0.3) is 0 Å². The van der Waals surface area contributed by atoms with E-state index in [9.17, 15) is 19.2 Å². The number of ether oxygens (including phenoxy) is 1. The highest BCUT2D eigenvalue weighted by Crippen LogP contribution is 1.95. The Hall–Kier alpha value is -2.90. The molecule has 0 heterocycles. The zero-order valence-corrected chi connectivity index (χ0v) is 11.9. The van der Waals surface area contributed by atoms with Crippen LogP contribution < -0.4 is 5.32 Å². The van der Waals surface area contributed by atoms with Crippen LogP contribution in [0.3, 0.4) is 0 Å². The second kappa shape index (κ2) is 15.2. The number of carboxylic acid groups (broad SMARTS) is 2. The van der Waals surface area contributed by atoms with E-state index in [0.29, 0.717) is 0 Å². The van der Waals surface area contributed by atoms with E-state index in [0.717, 1.165) is 6.08 Å². The van der Waals surface area contributed by atoms with Crippen molar-refractivity contribution in [2.75, 3.05) is 7.11 Å². The molecular formula is C13H19NO7. The smallest absolute Gasteiger partial charge is 0.331 e. The minimum absolute atomic E-state index is 0.0787. The quantitative estimate of drug-likeness (QED) is 0.503. The second-order valence-corrected chi connectivity index (χ2v) is 3.11. The zero-order chi connectivity index (χ0) is 17.4. The molecule has 0 saturated carbocycles. The number of esters is 1. The lowest BCUT2D eigenvalue weighted by Gasteiger charge is -1.91. The van der Waals surface area contributed by atoms with Crippen molar-refractivity contribution in [3.8, 4) is 0 Å². The van der Waals surface area contributed by atoms with E-state index in [1.165, 1.54) is 20.2 Å². The van der Waals surface area contributed by atoms with Crippen LogP contribution in [0.2, 0.25) is 0 Å². The van der Waals surface area contributed by atoms with Gasteiger partial charge in [0.2, 0.25) is 5.91 Å². The van der Waals surface area contributed by atoms with Crippen molar-refractivity contribution in [2.45, 2.75) is 13.3 Å². The van der Waals surface area contributed by atoms with E-state index in [2.05, 4.69) is 29.8 Å². The van der Waals surface area contributed by atoms with E-state index in [4.69, 9.17) is 10.2 Å². The monoisotopic (exact) mass is 301 g/mol. The first-order valence-corrected chi connectivity index (χ1v) is 5.33. The van der Waals surface area contributed by atoms with E-state index in [1.807, 2.05) is 0 Å². The third-order valence-electron chi connectivity index (χ3n) is 1.34. The summed E-state index contributed by atoms with van der Waals surface area (Å²) in [4.78, 5) is 39.4. The van der Waals surface area contributed by atoms with Gasteiger partial charge in [-0.1, -0.05) is 19.7 Å². The molecule has 8 heteroatoms. The molecule has 0 aromatic rings. The molecule has 118 valence electrons. The topological polar surface area (TPSA) is 130 Å². The third-order valence-corrected chi connectivity index (χ3v) is 1.34. The van der Waals surface area contributed by atoms with Crippen LogP contribution in [0.1, 0.15) is 13.3 Å². The predicted molar refractivity (Wildman–Crippen MR) is 75.3 cm³/mol. The van der Waals surface area contributed by atoms with Crippen molar-refractivity contribution in [2.24, 2.45) is 0 Å². The normalized spacial score (nSPS) is 7.52. The second-order valence-electron chi connectivity index (χ2n) is 3.11. The number of nitrogens with one attached hydrogen (secondary N) is 1. The number of methoxy groups -OCH3 is 1. The molecule has 3 N–H and O–H groups in total. The van der Waals surface area contributed by atoms with Crippen LogP contribution in [0, 0.1) is 0 Å². The number of hydrogen-bond donors (Lipinski definition) is 3. The molecule has 0 fully saturated rings. The molecule has 0 atom stereocenters. The Balaban J connectivity index is -0.000000240. The van der Waals surface area contributed by atoms with Gasteiger partial charge in [-0.25, -0.2) is 9.59 Å². The molecule has 0 aliphatic heterocycles. The highest BCUT2D eigenvalue weighted by Gasteiger charge is 2.07. The molecule has 0 rings (SSSR count). The van der Waals surface area contributed by atoms with Gasteiger partial charge in [-0.3, -0.25) is 9.59 Å². The number of rotatable bonds is 5. The van der Waals surface area contributed by atoms with Gasteiger partial charge in [-0.05, 0) is 6.20 Å². The Morgan fingerprint density at radius 3 is 1.71 bits per heavy atom. The minimum atomic E-state index is -1.27. The van der Waals surface area contributed by atoms with Gasteiger partial charge in [-0.2, -0.15) is 0 Å². The Morgan fingerprint density at radius 1 is 1.19 bits per heavy atom. The molecule has 0 aromatic heterocycles. The SMILES string of the molecule is C=C(CC(=O)O)C(=O)O.C=CC(=O)OC.C=CNC(C)=O. The average Bonchev–Trinajstić information content (AvgIpc) is 2.38. The molecular weight excluding hydrogens is 282 g/mol. The van der Waals surface area contributed by atoms with E-state index in [-0.39, 0.29) is 11.5 Å². The van der Waals surface area contributed by atoms with Gasteiger partial charge < -0.3 is 20.3 Å². The third kappa shape index (κ3) is 26.6. The summed E-state index contributed by atoms with van der Waals surface area (Å²) in [7, 11) is 1.31. The lowest BCUT2D eigenvalue weighted by atomic mass is 10.2. The Bertz CT molecular complexity index is 413. The number of carboxylic acids is 2. The molecule has 0 unspecified atom stereocenters. The minimum Gasteiger partial charge on any atom is -0.481 e. The molecule has 1 amide bonds. The molecule has 0 aromatic carbocycles. The molecule has 0 spiro atoms. The highest BCUT2D eigenvalue weighted by molar-refractivity contribution is 5.91. The Morgan fingerprint density at radius 2 is 1.67 bits per heavy atom. The van der Waals surface area contributed by atoms with Crippen molar-refractivity contribution >= 4 is 23.8 Å². The van der Waals surface area contributed by atoms with Crippen molar-refractivity contribution in [1.29, 1.82) is 0 Å². The van der Waals surface area contributed by atoms with E-state index >= 15 is 0 Å². The standard InChI is InChI=1S/C5H6O4.C4H7NO.C4H6O2/c1-3(5(8)9)2-4(6)7;1-3-5-4(2)6;1-3-4(5)6-2/h1-2H2,(H,6,7)(H,8,9);3H,1H2,2H3,(H,5,6);3H,1H2,2H3. The maximum Gasteiger partial charge on any atom is 0.331 e. The maximum atomic E-state index is 9.87. The summed E-state index contributed by atoms with van der Waals surface area (Å²) in [6, 6.07) is 0. The van der Waals surface area contributed by atoms with Crippen LogP contribution in [0.4, 0.5) is 0 Å². The largest absolute Gasteiger partial charge is 0.481 e. The van der Waals surface area contributed by atoms with E-state index < -0.39 is 24.3 Å². The predicted octanol–water partition coefficient (Wildman–Crippen LogP) is 0.713. The summed E-state index contributed by atoms with van der Waals surface area (Å²) in [5.41, 5.74) is -0.303. The van der Waals surface area contributed by atoms with E-state index in [1.54, 1.807) is 0 Å². The van der Waals surface area contributed by atoms with Gasteiger partial charge in [0.1, 0.15) is 0 Å². The fourth-order valence-corrected chi connectivity index (χ4v) is 0.485. The van der Waals surface area contributed by atoms with Gasteiger partial charge in [0.15, 0.2) is 0 Å². The van der Waals surface area contributed by atoms with Crippen molar-refractivity contribution < 1.29 is 34.1 Å². The molecule has 0 saturated heterocycles. The Labute approximate surface area is 122 Å². The molecule has 0 radical (unpaired) electrons. The van der Waals surface area contributed by atoms with Crippen molar-refractivity contribution in [1.82, 2.24) is 5.32 Å². The maximum absolute atomic E-state index is 9.87. The molecule has 21 heavy (non-hydrogen) atoms. The lowest BCUT2D eigenvalue weighted by Crippen LogP contribution is -2.10. The number of amides is 1. The first-order valence-electron chi connectivity index (χ1n) is 5.33. The number of carbonyl (C=O) groups is 4. The Kier molecular flexibility index (Phi) is 16.8. The van der Waals surface area contributed by atoms with Crippen LogP contribution in [-0.4, -0.2) is 41.1 Å². The van der Waals surface area contributed by atoms with Crippen molar-refractivity contribution in [3.05, 3.63) is 37.6 Å². The van der Waals surface area contributed by atoms with Crippen molar-refractivity contribution in [3.63, 3.8) is 0 Å². The van der Waals surface area contributed by atoms with Crippen LogP contribution in [0.5, 0.6) is 0 Å². The average molecular weight is 301 g/mol. The number of hydrogen-bond acceptors (Lipinski definition) is 5. The first-order chi connectivity index (χ1) is 9.61. The number of carbonyl (C=O) groups excluding carboxylic acids is 2. The van der Waals surface area contributed by atoms with Crippen LogP contribution in [0.15, 0.2) is 37.6 Å². The molecule has 0 aliphatic carbocycles. The van der Waals surface area contributed by atoms with Crippen LogP contribution >= 0.6 is 0 Å². The summed E-state index contributed by atoms with van der Waals surface area (Å²) in [5, 5.41) is 18.4. The number of aliphatic carboxylic acids is 2. The van der Waals surface area contributed by atoms with Crippen LogP contribution in [0.25, 0.3) is 0 Å². The molecule has 8 nitrogen and oxygen atoms in total. The fourth-order valence-electron chi connectivity index (χ4n) is 0.485. The highest BCUT2D eigenvalue weighted by atomic mass is 16.5. The molecule has 0 bridgehead atoms. The summed E-state index contributed by atoms with van der Waals surface area (Å²) < 4.78 is 4.14. The fraction of sp³-hybridized carbons (Fsp3) is 0.231.